The largest absolute Gasteiger partial charge is 0.294 e. The van der Waals surface area contributed by atoms with E-state index < -0.39 is 0 Å². The number of Topliss-reactive ketones (excluding diaryl/α,β-unsaturated/α-hetero) is 1. The van der Waals surface area contributed by atoms with Crippen LogP contribution in [0.4, 0.5) is 0 Å². The maximum Gasteiger partial charge on any atom is 0.170 e. The van der Waals surface area contributed by atoms with Crippen molar-refractivity contribution in [2.24, 2.45) is 0 Å². The molecule has 0 atom stereocenters. The molecule has 0 saturated carbocycles. The van der Waals surface area contributed by atoms with E-state index in [1.807, 2.05) is 12.1 Å². The van der Waals surface area contributed by atoms with Crippen molar-refractivity contribution in [2.75, 3.05) is 0 Å². The van der Waals surface area contributed by atoms with Crippen molar-refractivity contribution < 1.29 is 4.79 Å². The molecule has 0 aliphatic carbocycles. The van der Waals surface area contributed by atoms with E-state index in [0.29, 0.717) is 15.6 Å². The number of nitrogens with zero attached hydrogens (tertiary/aromatic N) is 1. The number of hydrogen-bond acceptors (Lipinski definition) is 2. The SMILES string of the molecule is CCc1ccc(CC(=O)c2ccc(Cl)cc2Cl)nc1. The normalized spacial score (nSPS) is 10.5. The minimum atomic E-state index is -0.0570. The molecule has 1 aromatic heterocycles. The molecule has 2 rings (SSSR count). The Morgan fingerprint density at radius 1 is 1.21 bits per heavy atom. The third-order valence-corrected chi connectivity index (χ3v) is 3.42. The molecule has 0 aliphatic heterocycles. The summed E-state index contributed by atoms with van der Waals surface area (Å²) in [6, 6.07) is 8.74. The highest BCUT2D eigenvalue weighted by Gasteiger charge is 2.12. The number of benzene rings is 1. The van der Waals surface area contributed by atoms with Gasteiger partial charge in [-0.15, -0.1) is 0 Å². The molecule has 1 aromatic carbocycles. The molecule has 1 heterocycles. The van der Waals surface area contributed by atoms with Gasteiger partial charge in [-0.2, -0.15) is 0 Å². The average Bonchev–Trinajstić information content (AvgIpc) is 2.39. The Morgan fingerprint density at radius 3 is 2.58 bits per heavy atom. The van der Waals surface area contributed by atoms with E-state index in [4.69, 9.17) is 23.2 Å². The van der Waals surface area contributed by atoms with Crippen LogP contribution in [-0.4, -0.2) is 10.8 Å². The first kappa shape index (κ1) is 14.0. The summed E-state index contributed by atoms with van der Waals surface area (Å²) < 4.78 is 0. The molecule has 0 amide bonds. The first-order valence-corrected chi connectivity index (χ1v) is 6.77. The van der Waals surface area contributed by atoms with Gasteiger partial charge in [0.2, 0.25) is 0 Å². The highest BCUT2D eigenvalue weighted by molar-refractivity contribution is 6.36. The lowest BCUT2D eigenvalue weighted by Crippen LogP contribution is -2.06. The van der Waals surface area contributed by atoms with Crippen molar-refractivity contribution in [3.05, 3.63) is 63.4 Å². The highest BCUT2D eigenvalue weighted by Crippen LogP contribution is 2.22. The summed E-state index contributed by atoms with van der Waals surface area (Å²) in [4.78, 5) is 16.4. The molecule has 0 bridgehead atoms. The van der Waals surface area contributed by atoms with Gasteiger partial charge in [-0.05, 0) is 36.2 Å². The quantitative estimate of drug-likeness (QED) is 0.783. The van der Waals surface area contributed by atoms with E-state index in [1.54, 1.807) is 24.4 Å². The van der Waals surface area contributed by atoms with Gasteiger partial charge in [0, 0.05) is 22.5 Å². The maximum atomic E-state index is 12.1. The summed E-state index contributed by atoms with van der Waals surface area (Å²) in [7, 11) is 0. The molecule has 4 heteroatoms. The van der Waals surface area contributed by atoms with Gasteiger partial charge < -0.3 is 0 Å². The number of aromatic nitrogens is 1. The molecule has 2 aromatic rings. The lowest BCUT2D eigenvalue weighted by atomic mass is 10.1. The number of rotatable bonds is 4. The van der Waals surface area contributed by atoms with Crippen LogP contribution in [0.2, 0.25) is 10.0 Å². The molecule has 0 unspecified atom stereocenters. The topological polar surface area (TPSA) is 30.0 Å². The van der Waals surface area contributed by atoms with Gasteiger partial charge in [-0.1, -0.05) is 36.2 Å². The minimum Gasteiger partial charge on any atom is -0.294 e. The average molecular weight is 294 g/mol. The molecule has 0 radical (unpaired) electrons. The molecule has 0 spiro atoms. The van der Waals surface area contributed by atoms with Crippen LogP contribution in [0, 0.1) is 0 Å². The van der Waals surface area contributed by atoms with Crippen molar-refractivity contribution in [1.29, 1.82) is 0 Å². The molecule has 19 heavy (non-hydrogen) atoms. The van der Waals surface area contributed by atoms with Crippen LogP contribution >= 0.6 is 23.2 Å². The van der Waals surface area contributed by atoms with Crippen LogP contribution in [0.15, 0.2) is 36.5 Å². The fourth-order valence-corrected chi connectivity index (χ4v) is 2.26. The van der Waals surface area contributed by atoms with Crippen LogP contribution in [0.1, 0.15) is 28.5 Å². The maximum absolute atomic E-state index is 12.1. The van der Waals surface area contributed by atoms with Gasteiger partial charge in [0.25, 0.3) is 0 Å². The van der Waals surface area contributed by atoms with Gasteiger partial charge in [-0.3, -0.25) is 9.78 Å². The van der Waals surface area contributed by atoms with E-state index in [2.05, 4.69) is 11.9 Å². The molecule has 98 valence electrons. The fraction of sp³-hybridized carbons (Fsp3) is 0.200. The van der Waals surface area contributed by atoms with E-state index in [0.717, 1.165) is 17.7 Å². The molecule has 0 saturated heterocycles. The molecular formula is C15H13Cl2NO. The Hall–Kier alpha value is -1.38. The number of halogens is 2. The monoisotopic (exact) mass is 293 g/mol. The number of ketones is 1. The Kier molecular flexibility index (Phi) is 4.56. The number of aryl methyl sites for hydroxylation is 1. The third-order valence-electron chi connectivity index (χ3n) is 2.87. The molecular weight excluding hydrogens is 281 g/mol. The standard InChI is InChI=1S/C15H13Cl2NO/c1-2-10-3-5-12(18-9-10)8-15(19)13-6-4-11(16)7-14(13)17/h3-7,9H,2,8H2,1H3. The zero-order valence-corrected chi connectivity index (χ0v) is 12.0. The predicted molar refractivity (Wildman–Crippen MR) is 78.1 cm³/mol. The summed E-state index contributed by atoms with van der Waals surface area (Å²) >= 11 is 11.8. The third kappa shape index (κ3) is 3.55. The van der Waals surface area contributed by atoms with Crippen LogP contribution in [-0.2, 0) is 12.8 Å². The van der Waals surface area contributed by atoms with Gasteiger partial charge in [-0.25, -0.2) is 0 Å². The van der Waals surface area contributed by atoms with Crippen molar-refractivity contribution in [2.45, 2.75) is 19.8 Å². The van der Waals surface area contributed by atoms with Gasteiger partial charge in [0.05, 0.1) is 11.4 Å². The highest BCUT2D eigenvalue weighted by atomic mass is 35.5. The molecule has 0 fully saturated rings. The Labute approximate surface area is 122 Å². The van der Waals surface area contributed by atoms with E-state index in [1.165, 1.54) is 0 Å². The summed E-state index contributed by atoms with van der Waals surface area (Å²) in [5.74, 6) is -0.0570. The second-order valence-corrected chi connectivity index (χ2v) is 5.08. The van der Waals surface area contributed by atoms with Crippen LogP contribution in [0.5, 0.6) is 0 Å². The first-order valence-electron chi connectivity index (χ1n) is 6.02. The van der Waals surface area contributed by atoms with Crippen LogP contribution in [0.25, 0.3) is 0 Å². The smallest absolute Gasteiger partial charge is 0.170 e. The second-order valence-electron chi connectivity index (χ2n) is 4.24. The van der Waals surface area contributed by atoms with E-state index in [9.17, 15) is 4.79 Å². The molecule has 0 aliphatic rings. The second kappa shape index (κ2) is 6.18. The molecule has 2 nitrogen and oxygen atoms in total. The van der Waals surface area contributed by atoms with Crippen molar-refractivity contribution >= 4 is 29.0 Å². The number of carbonyl (C=O) groups is 1. The summed E-state index contributed by atoms with van der Waals surface area (Å²) in [6.07, 6.45) is 2.97. The van der Waals surface area contributed by atoms with Gasteiger partial charge in [0.1, 0.15) is 0 Å². The summed E-state index contributed by atoms with van der Waals surface area (Å²) in [6.45, 7) is 2.06. The van der Waals surface area contributed by atoms with Crippen LogP contribution in [0.3, 0.4) is 0 Å². The number of carbonyl (C=O) groups excluding carboxylic acids is 1. The number of hydrogen-bond donors (Lipinski definition) is 0. The Balaban J connectivity index is 2.15. The lowest BCUT2D eigenvalue weighted by molar-refractivity contribution is 0.0992. The van der Waals surface area contributed by atoms with Crippen molar-refractivity contribution in [3.8, 4) is 0 Å². The van der Waals surface area contributed by atoms with E-state index >= 15 is 0 Å². The van der Waals surface area contributed by atoms with Crippen molar-refractivity contribution in [1.82, 2.24) is 4.98 Å². The lowest BCUT2D eigenvalue weighted by Gasteiger charge is -2.04. The predicted octanol–water partition coefficient (Wildman–Crippen LogP) is 4.38. The molecule has 0 N–H and O–H groups in total. The number of pyridine rings is 1. The van der Waals surface area contributed by atoms with E-state index in [-0.39, 0.29) is 12.2 Å². The van der Waals surface area contributed by atoms with Crippen molar-refractivity contribution in [3.63, 3.8) is 0 Å². The zero-order chi connectivity index (χ0) is 13.8. The summed E-state index contributed by atoms with van der Waals surface area (Å²) in [5.41, 5.74) is 2.38. The zero-order valence-electron chi connectivity index (χ0n) is 10.5. The van der Waals surface area contributed by atoms with Gasteiger partial charge in [0.15, 0.2) is 5.78 Å². The summed E-state index contributed by atoms with van der Waals surface area (Å²) in [5, 5.41) is 0.898. The Morgan fingerprint density at radius 2 is 2.00 bits per heavy atom. The fourth-order valence-electron chi connectivity index (χ4n) is 1.74. The van der Waals surface area contributed by atoms with Gasteiger partial charge >= 0.3 is 0 Å². The first-order chi connectivity index (χ1) is 9.10. The minimum absolute atomic E-state index is 0.0570. The van der Waals surface area contributed by atoms with Crippen LogP contribution < -0.4 is 0 Å². The Bertz CT molecular complexity index is 594.